The fourth-order valence-electron chi connectivity index (χ4n) is 4.59. The van der Waals surface area contributed by atoms with Crippen LogP contribution in [0.2, 0.25) is 0 Å². The highest BCUT2D eigenvalue weighted by Gasteiger charge is 2.43. The van der Waals surface area contributed by atoms with Gasteiger partial charge in [-0.15, -0.1) is 0 Å². The van der Waals surface area contributed by atoms with E-state index in [1.54, 1.807) is 0 Å². The van der Waals surface area contributed by atoms with Crippen LogP contribution in [0, 0.1) is 11.8 Å². The molecule has 22 heavy (non-hydrogen) atoms. The number of benzene rings is 1. The van der Waals surface area contributed by atoms with Crippen molar-refractivity contribution in [1.29, 1.82) is 0 Å². The first-order valence-corrected chi connectivity index (χ1v) is 8.68. The van der Waals surface area contributed by atoms with Crippen LogP contribution in [0.5, 0.6) is 0 Å². The monoisotopic (exact) mass is 299 g/mol. The molecule has 1 aromatic carbocycles. The van der Waals surface area contributed by atoms with E-state index < -0.39 is 0 Å². The lowest BCUT2D eigenvalue weighted by atomic mass is 9.77. The van der Waals surface area contributed by atoms with Crippen LogP contribution in [0.15, 0.2) is 30.3 Å². The lowest BCUT2D eigenvalue weighted by Crippen LogP contribution is -2.49. The Labute approximate surface area is 132 Å². The molecule has 2 N–H and O–H groups in total. The minimum atomic E-state index is 0.151. The van der Waals surface area contributed by atoms with Gasteiger partial charge >= 0.3 is 0 Å². The second-order valence-electron chi connectivity index (χ2n) is 6.95. The first kappa shape index (κ1) is 14.2. The van der Waals surface area contributed by atoms with Gasteiger partial charge in [-0.3, -0.25) is 15.6 Å². The molecule has 2 aliphatic heterocycles. The van der Waals surface area contributed by atoms with Crippen LogP contribution < -0.4 is 10.9 Å². The molecule has 2 heterocycles. The largest absolute Gasteiger partial charge is 0.335 e. The average Bonchev–Trinajstić information content (AvgIpc) is 3.23. The second kappa shape index (κ2) is 6.01. The zero-order valence-electron chi connectivity index (χ0n) is 13.0. The van der Waals surface area contributed by atoms with E-state index in [9.17, 15) is 4.79 Å². The number of hydrogen-bond acceptors (Lipinski definition) is 3. The molecule has 0 spiro atoms. The Morgan fingerprint density at radius 1 is 1.09 bits per heavy atom. The molecule has 118 valence electrons. The summed E-state index contributed by atoms with van der Waals surface area (Å²) in [5, 5.41) is 0. The standard InChI is InChI=1S/C18H25N3O/c22-18(15-9-4-8-14-12-19-20-17(14)15)21-11-5-10-16(21)13-6-2-1-3-7-13/h1-3,6-7,14-17,19-20H,4-5,8-12H2. The van der Waals surface area contributed by atoms with Crippen LogP contribution in [0.4, 0.5) is 0 Å². The molecule has 1 amide bonds. The van der Waals surface area contributed by atoms with Crippen molar-refractivity contribution in [2.24, 2.45) is 11.8 Å². The van der Waals surface area contributed by atoms with E-state index in [0.29, 0.717) is 17.9 Å². The quantitative estimate of drug-likeness (QED) is 0.880. The molecule has 0 aromatic heterocycles. The molecule has 4 unspecified atom stereocenters. The van der Waals surface area contributed by atoms with Crippen molar-refractivity contribution in [1.82, 2.24) is 15.8 Å². The number of carbonyl (C=O) groups excluding carboxylic acids is 1. The molecule has 1 aromatic rings. The summed E-state index contributed by atoms with van der Waals surface area (Å²) in [6.07, 6.45) is 5.69. The maximum Gasteiger partial charge on any atom is 0.227 e. The zero-order valence-corrected chi connectivity index (χ0v) is 13.0. The molecular weight excluding hydrogens is 274 g/mol. The van der Waals surface area contributed by atoms with E-state index in [1.807, 2.05) is 6.07 Å². The summed E-state index contributed by atoms with van der Waals surface area (Å²) < 4.78 is 0. The van der Waals surface area contributed by atoms with Gasteiger partial charge in [0.05, 0.1) is 12.0 Å². The number of likely N-dealkylation sites (tertiary alicyclic amines) is 1. The van der Waals surface area contributed by atoms with Crippen molar-refractivity contribution < 1.29 is 4.79 Å². The summed E-state index contributed by atoms with van der Waals surface area (Å²) in [7, 11) is 0. The van der Waals surface area contributed by atoms with Gasteiger partial charge in [-0.1, -0.05) is 36.8 Å². The van der Waals surface area contributed by atoms with E-state index >= 15 is 0 Å². The second-order valence-corrected chi connectivity index (χ2v) is 6.95. The summed E-state index contributed by atoms with van der Waals surface area (Å²) in [6.45, 7) is 1.93. The van der Waals surface area contributed by atoms with Gasteiger partial charge in [-0.05, 0) is 37.2 Å². The van der Waals surface area contributed by atoms with Crippen molar-refractivity contribution in [2.75, 3.05) is 13.1 Å². The van der Waals surface area contributed by atoms with E-state index in [-0.39, 0.29) is 12.0 Å². The van der Waals surface area contributed by atoms with Crippen molar-refractivity contribution in [3.63, 3.8) is 0 Å². The molecule has 1 saturated carbocycles. The average molecular weight is 299 g/mol. The number of fused-ring (bicyclic) bond motifs is 1. The fraction of sp³-hybridized carbons (Fsp3) is 0.611. The third-order valence-electron chi connectivity index (χ3n) is 5.70. The van der Waals surface area contributed by atoms with Crippen LogP contribution >= 0.6 is 0 Å². The molecule has 4 heteroatoms. The van der Waals surface area contributed by atoms with E-state index in [1.165, 1.54) is 18.4 Å². The van der Waals surface area contributed by atoms with Crippen molar-refractivity contribution in [2.45, 2.75) is 44.2 Å². The van der Waals surface area contributed by atoms with Crippen molar-refractivity contribution >= 4 is 5.91 Å². The van der Waals surface area contributed by atoms with Gasteiger partial charge < -0.3 is 4.90 Å². The minimum absolute atomic E-state index is 0.151. The third-order valence-corrected chi connectivity index (χ3v) is 5.70. The molecule has 3 aliphatic rings. The Morgan fingerprint density at radius 2 is 1.95 bits per heavy atom. The summed E-state index contributed by atoms with van der Waals surface area (Å²) in [5.74, 6) is 1.15. The van der Waals surface area contributed by atoms with E-state index in [2.05, 4.69) is 40.0 Å². The summed E-state index contributed by atoms with van der Waals surface area (Å²) in [6, 6.07) is 11.1. The van der Waals surface area contributed by atoms with Gasteiger partial charge in [-0.2, -0.15) is 0 Å². The van der Waals surface area contributed by atoms with Crippen molar-refractivity contribution in [3.05, 3.63) is 35.9 Å². The smallest absolute Gasteiger partial charge is 0.227 e. The normalized spacial score (nSPS) is 34.6. The number of amides is 1. The number of nitrogens with zero attached hydrogens (tertiary/aromatic N) is 1. The maximum absolute atomic E-state index is 13.2. The lowest BCUT2D eigenvalue weighted by molar-refractivity contribution is -0.138. The maximum atomic E-state index is 13.2. The topological polar surface area (TPSA) is 44.4 Å². The van der Waals surface area contributed by atoms with E-state index in [0.717, 1.165) is 32.4 Å². The predicted octanol–water partition coefficient (Wildman–Crippen LogP) is 2.24. The SMILES string of the molecule is O=C(C1CCCC2CNNC21)N1CCCC1c1ccccc1. The first-order valence-electron chi connectivity index (χ1n) is 8.68. The van der Waals surface area contributed by atoms with Gasteiger partial charge in [0.25, 0.3) is 0 Å². The van der Waals surface area contributed by atoms with E-state index in [4.69, 9.17) is 0 Å². The van der Waals surface area contributed by atoms with Crippen LogP contribution in [-0.2, 0) is 4.79 Å². The first-order chi connectivity index (χ1) is 10.8. The summed E-state index contributed by atoms with van der Waals surface area (Å²) in [4.78, 5) is 15.3. The molecule has 4 atom stereocenters. The highest BCUT2D eigenvalue weighted by molar-refractivity contribution is 5.80. The highest BCUT2D eigenvalue weighted by atomic mass is 16.2. The van der Waals surface area contributed by atoms with Crippen LogP contribution in [0.25, 0.3) is 0 Å². The number of nitrogens with one attached hydrogen (secondary N) is 2. The minimum Gasteiger partial charge on any atom is -0.335 e. The van der Waals surface area contributed by atoms with Crippen molar-refractivity contribution in [3.8, 4) is 0 Å². The molecule has 1 aliphatic carbocycles. The Bertz CT molecular complexity index is 532. The third kappa shape index (κ3) is 2.44. The summed E-state index contributed by atoms with van der Waals surface area (Å²) in [5.41, 5.74) is 7.92. The fourth-order valence-corrected chi connectivity index (χ4v) is 4.59. The predicted molar refractivity (Wildman–Crippen MR) is 85.9 cm³/mol. The number of hydrogen-bond donors (Lipinski definition) is 2. The number of rotatable bonds is 2. The van der Waals surface area contributed by atoms with Crippen LogP contribution in [0.1, 0.15) is 43.7 Å². The molecule has 0 radical (unpaired) electrons. The Morgan fingerprint density at radius 3 is 2.82 bits per heavy atom. The molecule has 0 bridgehead atoms. The molecule has 4 nitrogen and oxygen atoms in total. The molecule has 4 rings (SSSR count). The number of carbonyl (C=O) groups is 1. The Kier molecular flexibility index (Phi) is 3.89. The zero-order chi connectivity index (χ0) is 14.9. The van der Waals surface area contributed by atoms with Gasteiger partial charge in [0, 0.05) is 19.1 Å². The molecule has 3 fully saturated rings. The number of hydrazine groups is 1. The van der Waals surface area contributed by atoms with Crippen LogP contribution in [-0.4, -0.2) is 29.9 Å². The Balaban J connectivity index is 1.54. The van der Waals surface area contributed by atoms with Gasteiger partial charge in [-0.25, -0.2) is 0 Å². The summed E-state index contributed by atoms with van der Waals surface area (Å²) >= 11 is 0. The van der Waals surface area contributed by atoms with Crippen LogP contribution in [0.3, 0.4) is 0 Å². The molecular formula is C18H25N3O. The van der Waals surface area contributed by atoms with Gasteiger partial charge in [0.1, 0.15) is 0 Å². The van der Waals surface area contributed by atoms with Gasteiger partial charge in [0.2, 0.25) is 5.91 Å². The molecule has 2 saturated heterocycles. The lowest BCUT2D eigenvalue weighted by Gasteiger charge is -2.36. The van der Waals surface area contributed by atoms with Gasteiger partial charge in [0.15, 0.2) is 0 Å². The highest BCUT2D eigenvalue weighted by Crippen LogP contribution is 2.37. The Hall–Kier alpha value is -1.39.